The first-order valence-electron chi connectivity index (χ1n) is 5.94. The first kappa shape index (κ1) is 12.9. The van der Waals surface area contributed by atoms with Crippen LogP contribution in [-0.2, 0) is 9.53 Å². The average Bonchev–Trinajstić information content (AvgIpc) is 2.37. The fourth-order valence-electron chi connectivity index (χ4n) is 2.08. The zero-order chi connectivity index (χ0) is 13.0. The van der Waals surface area contributed by atoms with Crippen molar-refractivity contribution in [1.82, 2.24) is 5.32 Å². The third kappa shape index (κ3) is 2.80. The predicted molar refractivity (Wildman–Crippen MR) is 69.1 cm³/mol. The van der Waals surface area contributed by atoms with E-state index in [2.05, 4.69) is 10.6 Å². The molecule has 5 heteroatoms. The van der Waals surface area contributed by atoms with Gasteiger partial charge in [0.05, 0.1) is 12.3 Å². The number of ether oxygens (including phenoxy) is 2. The van der Waals surface area contributed by atoms with Crippen LogP contribution in [0.4, 0.5) is 5.69 Å². The lowest BCUT2D eigenvalue weighted by atomic mass is 9.98. The van der Waals surface area contributed by atoms with Gasteiger partial charge in [-0.15, -0.1) is 0 Å². The van der Waals surface area contributed by atoms with Crippen molar-refractivity contribution < 1.29 is 14.3 Å². The first-order valence-corrected chi connectivity index (χ1v) is 5.94. The summed E-state index contributed by atoms with van der Waals surface area (Å²) < 4.78 is 10.5. The number of methoxy groups -OCH3 is 1. The quantitative estimate of drug-likeness (QED) is 0.817. The van der Waals surface area contributed by atoms with Crippen LogP contribution in [0.15, 0.2) is 18.2 Å². The number of carbonyl (C=O) groups is 1. The predicted octanol–water partition coefficient (Wildman–Crippen LogP) is 0.967. The average molecular weight is 250 g/mol. The van der Waals surface area contributed by atoms with E-state index in [1.165, 1.54) is 0 Å². The molecule has 0 radical (unpaired) electrons. The molecule has 2 rings (SSSR count). The molecule has 0 saturated carbocycles. The van der Waals surface area contributed by atoms with Gasteiger partial charge in [0, 0.05) is 19.6 Å². The van der Waals surface area contributed by atoms with Crippen LogP contribution < -0.4 is 15.4 Å². The van der Waals surface area contributed by atoms with E-state index in [1.807, 2.05) is 25.2 Å². The summed E-state index contributed by atoms with van der Waals surface area (Å²) in [4.78, 5) is 11.3. The van der Waals surface area contributed by atoms with Crippen molar-refractivity contribution in [2.24, 2.45) is 0 Å². The summed E-state index contributed by atoms with van der Waals surface area (Å²) in [5.74, 6) is 0.861. The Morgan fingerprint density at radius 1 is 1.56 bits per heavy atom. The van der Waals surface area contributed by atoms with Gasteiger partial charge in [-0.05, 0) is 24.7 Å². The standard InChI is InChI=1S/C13H18N2O3/c1-14-6-10(7-17-2)9-3-4-12-11(5-9)15-13(16)8-18-12/h3-5,10,14H,6-8H2,1-2H3,(H,15,16). The second-order valence-electron chi connectivity index (χ2n) is 4.30. The Balaban J connectivity index is 2.22. The van der Waals surface area contributed by atoms with Crippen LogP contribution in [0, 0.1) is 0 Å². The number of nitrogens with one attached hydrogen (secondary N) is 2. The number of likely N-dealkylation sites (N-methyl/N-ethyl adjacent to an activating group) is 1. The molecule has 1 aromatic rings. The molecule has 1 atom stereocenters. The van der Waals surface area contributed by atoms with Crippen molar-refractivity contribution in [3.63, 3.8) is 0 Å². The van der Waals surface area contributed by atoms with E-state index in [-0.39, 0.29) is 18.4 Å². The molecule has 1 aliphatic heterocycles. The fourth-order valence-corrected chi connectivity index (χ4v) is 2.08. The molecular formula is C13H18N2O3. The highest BCUT2D eigenvalue weighted by molar-refractivity contribution is 5.95. The molecule has 0 fully saturated rings. The Hall–Kier alpha value is -1.59. The van der Waals surface area contributed by atoms with Crippen LogP contribution in [0.2, 0.25) is 0 Å². The van der Waals surface area contributed by atoms with Crippen LogP contribution in [0.1, 0.15) is 11.5 Å². The SMILES string of the molecule is CNCC(COC)c1ccc2c(c1)NC(=O)CO2. The van der Waals surface area contributed by atoms with E-state index in [1.54, 1.807) is 7.11 Å². The minimum atomic E-state index is -0.114. The smallest absolute Gasteiger partial charge is 0.262 e. The highest BCUT2D eigenvalue weighted by Crippen LogP contribution is 2.31. The summed E-state index contributed by atoms with van der Waals surface area (Å²) in [6, 6.07) is 5.85. The lowest BCUT2D eigenvalue weighted by Crippen LogP contribution is -2.26. The molecule has 0 spiro atoms. The third-order valence-electron chi connectivity index (χ3n) is 2.93. The van der Waals surface area contributed by atoms with Gasteiger partial charge in [0.15, 0.2) is 6.61 Å². The maximum absolute atomic E-state index is 11.3. The second kappa shape index (κ2) is 5.84. The Kier molecular flexibility index (Phi) is 4.17. The van der Waals surface area contributed by atoms with Crippen molar-refractivity contribution in [3.8, 4) is 5.75 Å². The highest BCUT2D eigenvalue weighted by atomic mass is 16.5. The molecule has 1 aromatic carbocycles. The molecule has 1 amide bonds. The van der Waals surface area contributed by atoms with Crippen molar-refractivity contribution in [2.45, 2.75) is 5.92 Å². The van der Waals surface area contributed by atoms with Crippen LogP contribution in [0.3, 0.4) is 0 Å². The van der Waals surface area contributed by atoms with Gasteiger partial charge in [-0.3, -0.25) is 4.79 Å². The maximum atomic E-state index is 11.3. The number of fused-ring (bicyclic) bond motifs is 1. The fraction of sp³-hybridized carbons (Fsp3) is 0.462. The first-order chi connectivity index (χ1) is 8.74. The second-order valence-corrected chi connectivity index (χ2v) is 4.30. The topological polar surface area (TPSA) is 59.6 Å². The Morgan fingerprint density at radius 2 is 2.39 bits per heavy atom. The van der Waals surface area contributed by atoms with E-state index in [0.717, 1.165) is 23.5 Å². The number of hydrogen-bond acceptors (Lipinski definition) is 4. The number of carbonyl (C=O) groups excluding carboxylic acids is 1. The Bertz CT molecular complexity index is 428. The maximum Gasteiger partial charge on any atom is 0.262 e. The molecular weight excluding hydrogens is 232 g/mol. The lowest BCUT2D eigenvalue weighted by molar-refractivity contribution is -0.118. The normalized spacial score (nSPS) is 15.6. The van der Waals surface area contributed by atoms with Crippen LogP contribution >= 0.6 is 0 Å². The van der Waals surface area contributed by atoms with Gasteiger partial charge in [0.1, 0.15) is 5.75 Å². The lowest BCUT2D eigenvalue weighted by Gasteiger charge is -2.21. The van der Waals surface area contributed by atoms with Gasteiger partial charge in [-0.2, -0.15) is 0 Å². The molecule has 0 saturated heterocycles. The molecule has 98 valence electrons. The number of rotatable bonds is 5. The van der Waals surface area contributed by atoms with Gasteiger partial charge >= 0.3 is 0 Å². The van der Waals surface area contributed by atoms with Gasteiger partial charge in [0.25, 0.3) is 5.91 Å². The zero-order valence-electron chi connectivity index (χ0n) is 10.7. The summed E-state index contributed by atoms with van der Waals surface area (Å²) in [6.07, 6.45) is 0. The van der Waals surface area contributed by atoms with Gasteiger partial charge in [-0.1, -0.05) is 6.07 Å². The minimum absolute atomic E-state index is 0.0877. The number of hydrogen-bond donors (Lipinski definition) is 2. The Morgan fingerprint density at radius 3 is 3.11 bits per heavy atom. The van der Waals surface area contributed by atoms with Gasteiger partial charge < -0.3 is 20.1 Å². The van der Waals surface area contributed by atoms with E-state index >= 15 is 0 Å². The molecule has 2 N–H and O–H groups in total. The molecule has 0 aromatic heterocycles. The van der Waals surface area contributed by atoms with Crippen molar-refractivity contribution >= 4 is 11.6 Å². The van der Waals surface area contributed by atoms with Gasteiger partial charge in [-0.25, -0.2) is 0 Å². The van der Waals surface area contributed by atoms with E-state index in [0.29, 0.717) is 6.61 Å². The van der Waals surface area contributed by atoms with Crippen molar-refractivity contribution in [2.75, 3.05) is 39.2 Å². The molecule has 18 heavy (non-hydrogen) atoms. The monoisotopic (exact) mass is 250 g/mol. The summed E-state index contributed by atoms with van der Waals surface area (Å²) in [7, 11) is 3.60. The van der Waals surface area contributed by atoms with Crippen molar-refractivity contribution in [3.05, 3.63) is 23.8 Å². The molecule has 1 heterocycles. The minimum Gasteiger partial charge on any atom is -0.482 e. The number of anilines is 1. The largest absolute Gasteiger partial charge is 0.482 e. The zero-order valence-corrected chi connectivity index (χ0v) is 10.7. The molecule has 0 aliphatic carbocycles. The summed E-state index contributed by atoms with van der Waals surface area (Å²) in [5.41, 5.74) is 1.86. The highest BCUT2D eigenvalue weighted by Gasteiger charge is 2.18. The molecule has 1 aliphatic rings. The van der Waals surface area contributed by atoms with Crippen molar-refractivity contribution in [1.29, 1.82) is 0 Å². The molecule has 5 nitrogen and oxygen atoms in total. The van der Waals surface area contributed by atoms with Crippen LogP contribution in [0.5, 0.6) is 5.75 Å². The molecule has 1 unspecified atom stereocenters. The third-order valence-corrected chi connectivity index (χ3v) is 2.93. The number of benzene rings is 1. The summed E-state index contributed by atoms with van der Waals surface area (Å²) in [6.45, 7) is 1.54. The van der Waals surface area contributed by atoms with E-state index in [9.17, 15) is 4.79 Å². The molecule has 0 bridgehead atoms. The van der Waals surface area contributed by atoms with Crippen LogP contribution in [-0.4, -0.2) is 39.8 Å². The Labute approximate surface area is 106 Å². The van der Waals surface area contributed by atoms with E-state index in [4.69, 9.17) is 9.47 Å². The number of amides is 1. The van der Waals surface area contributed by atoms with Crippen LogP contribution in [0.25, 0.3) is 0 Å². The van der Waals surface area contributed by atoms with E-state index < -0.39 is 0 Å². The summed E-state index contributed by atoms with van der Waals surface area (Å²) >= 11 is 0. The summed E-state index contributed by atoms with van der Waals surface area (Å²) in [5, 5.41) is 5.96. The van der Waals surface area contributed by atoms with Gasteiger partial charge in [0.2, 0.25) is 0 Å².